The Kier molecular flexibility index (Phi) is 4.62. The maximum absolute atomic E-state index is 13.6. The summed E-state index contributed by atoms with van der Waals surface area (Å²) < 4.78 is 19.2. The maximum atomic E-state index is 13.6. The van der Waals surface area contributed by atoms with E-state index in [4.69, 9.17) is 4.74 Å². The Labute approximate surface area is 130 Å². The first-order chi connectivity index (χ1) is 10.6. The van der Waals surface area contributed by atoms with Crippen LogP contribution in [0.3, 0.4) is 0 Å². The van der Waals surface area contributed by atoms with Crippen LogP contribution in [0, 0.1) is 5.82 Å². The van der Waals surface area contributed by atoms with E-state index in [-0.39, 0.29) is 17.8 Å². The average Bonchev–Trinajstić information content (AvgIpc) is 2.96. The summed E-state index contributed by atoms with van der Waals surface area (Å²) in [4.78, 5) is 16.5. The van der Waals surface area contributed by atoms with Crippen LogP contribution in [0.15, 0.2) is 18.2 Å². The number of ether oxygens (including phenoxy) is 1. The Morgan fingerprint density at radius 2 is 2.18 bits per heavy atom. The fourth-order valence-electron chi connectivity index (χ4n) is 3.29. The van der Waals surface area contributed by atoms with Gasteiger partial charge in [0, 0.05) is 33.2 Å². The van der Waals surface area contributed by atoms with Gasteiger partial charge >= 0.3 is 0 Å². The number of anilines is 2. The summed E-state index contributed by atoms with van der Waals surface area (Å²) in [6.45, 7) is 2.32. The molecule has 1 unspecified atom stereocenters. The summed E-state index contributed by atoms with van der Waals surface area (Å²) in [5, 5.41) is 0. The van der Waals surface area contributed by atoms with Crippen LogP contribution in [0.4, 0.5) is 15.8 Å². The summed E-state index contributed by atoms with van der Waals surface area (Å²) in [5.74, 6) is -0.233. The fraction of sp³-hybridized carbons (Fsp3) is 0.588. The van der Waals surface area contributed by atoms with Crippen molar-refractivity contribution in [3.63, 3.8) is 0 Å². The lowest BCUT2D eigenvalue weighted by Crippen LogP contribution is -2.32. The molecule has 1 atom stereocenters. The van der Waals surface area contributed by atoms with E-state index in [1.807, 2.05) is 7.05 Å². The molecule has 0 bridgehead atoms. The van der Waals surface area contributed by atoms with Crippen LogP contribution in [0.2, 0.25) is 0 Å². The lowest BCUT2D eigenvalue weighted by molar-refractivity contribution is -0.119. The number of hydrogen-bond donors (Lipinski definition) is 0. The molecule has 2 aliphatic rings. The van der Waals surface area contributed by atoms with Crippen LogP contribution in [0.25, 0.3) is 0 Å². The molecule has 0 aromatic heterocycles. The van der Waals surface area contributed by atoms with Crippen LogP contribution in [0.5, 0.6) is 0 Å². The Balaban J connectivity index is 1.75. The predicted molar refractivity (Wildman–Crippen MR) is 84.8 cm³/mol. The number of rotatable bonds is 3. The number of hydrogen-bond acceptors (Lipinski definition) is 3. The molecule has 1 aromatic rings. The molecule has 0 N–H and O–H groups in total. The number of carbonyl (C=O) groups is 1. The van der Waals surface area contributed by atoms with Crippen molar-refractivity contribution in [1.82, 2.24) is 0 Å². The van der Waals surface area contributed by atoms with E-state index in [0.717, 1.165) is 44.5 Å². The van der Waals surface area contributed by atoms with Gasteiger partial charge in [-0.3, -0.25) is 4.79 Å². The number of nitrogens with zero attached hydrogens (tertiary/aromatic N) is 2. The third-order valence-corrected chi connectivity index (χ3v) is 4.52. The number of fused-ring (bicyclic) bond motifs is 1. The van der Waals surface area contributed by atoms with Crippen molar-refractivity contribution in [2.24, 2.45) is 0 Å². The van der Waals surface area contributed by atoms with Crippen LogP contribution < -0.4 is 9.80 Å². The van der Waals surface area contributed by atoms with E-state index in [1.165, 1.54) is 12.1 Å². The Bertz CT molecular complexity index is 543. The molecule has 1 amide bonds. The SMILES string of the molecule is CN1CCCN(C(=O)CCC2CCCO2)c2cc(F)ccc21. The van der Waals surface area contributed by atoms with Gasteiger partial charge in [-0.05, 0) is 43.9 Å². The van der Waals surface area contributed by atoms with Gasteiger partial charge in [0.1, 0.15) is 5.82 Å². The van der Waals surface area contributed by atoms with Gasteiger partial charge in [-0.2, -0.15) is 0 Å². The third-order valence-electron chi connectivity index (χ3n) is 4.52. The van der Waals surface area contributed by atoms with E-state index in [0.29, 0.717) is 18.7 Å². The third kappa shape index (κ3) is 3.24. The molecule has 0 saturated carbocycles. The second kappa shape index (κ2) is 6.65. The van der Waals surface area contributed by atoms with Gasteiger partial charge in [-0.1, -0.05) is 0 Å². The first-order valence-electron chi connectivity index (χ1n) is 8.08. The highest BCUT2D eigenvalue weighted by molar-refractivity contribution is 5.97. The van der Waals surface area contributed by atoms with Crippen molar-refractivity contribution in [3.05, 3.63) is 24.0 Å². The first kappa shape index (κ1) is 15.3. The van der Waals surface area contributed by atoms with Crippen molar-refractivity contribution in [3.8, 4) is 0 Å². The van der Waals surface area contributed by atoms with E-state index < -0.39 is 0 Å². The maximum Gasteiger partial charge on any atom is 0.227 e. The minimum atomic E-state index is -0.300. The van der Waals surface area contributed by atoms with Gasteiger partial charge in [0.05, 0.1) is 17.5 Å². The van der Waals surface area contributed by atoms with Gasteiger partial charge in [-0.25, -0.2) is 4.39 Å². The van der Waals surface area contributed by atoms with Crippen LogP contribution in [-0.2, 0) is 9.53 Å². The Morgan fingerprint density at radius 3 is 2.95 bits per heavy atom. The zero-order valence-corrected chi connectivity index (χ0v) is 13.1. The van der Waals surface area contributed by atoms with Crippen molar-refractivity contribution in [1.29, 1.82) is 0 Å². The predicted octanol–water partition coefficient (Wildman–Crippen LogP) is 2.96. The molecule has 0 spiro atoms. The molecule has 1 saturated heterocycles. The summed E-state index contributed by atoms with van der Waals surface area (Å²) in [6.07, 6.45) is 4.45. The highest BCUT2D eigenvalue weighted by Gasteiger charge is 2.25. The van der Waals surface area contributed by atoms with E-state index >= 15 is 0 Å². The standard InChI is InChI=1S/C17H23FN2O2/c1-19-9-3-10-20(16-12-13(18)5-7-15(16)19)17(21)8-6-14-4-2-11-22-14/h5,7,12,14H,2-4,6,8-11H2,1H3. The smallest absolute Gasteiger partial charge is 0.227 e. The highest BCUT2D eigenvalue weighted by atomic mass is 19.1. The number of amides is 1. The van der Waals surface area contributed by atoms with Gasteiger partial charge in [-0.15, -0.1) is 0 Å². The molecule has 0 aliphatic carbocycles. The minimum Gasteiger partial charge on any atom is -0.378 e. The topological polar surface area (TPSA) is 32.8 Å². The number of halogens is 1. The lowest BCUT2D eigenvalue weighted by Gasteiger charge is -2.25. The molecule has 2 heterocycles. The highest BCUT2D eigenvalue weighted by Crippen LogP contribution is 2.33. The zero-order valence-electron chi connectivity index (χ0n) is 13.1. The van der Waals surface area contributed by atoms with Crippen molar-refractivity contribution in [2.45, 2.75) is 38.2 Å². The molecule has 22 heavy (non-hydrogen) atoms. The molecule has 2 aliphatic heterocycles. The quantitative estimate of drug-likeness (QED) is 0.861. The van der Waals surface area contributed by atoms with Gasteiger partial charge in [0.15, 0.2) is 0 Å². The van der Waals surface area contributed by atoms with Crippen molar-refractivity contribution in [2.75, 3.05) is 36.5 Å². The summed E-state index contributed by atoms with van der Waals surface area (Å²) in [5.41, 5.74) is 1.61. The molecular formula is C17H23FN2O2. The largest absolute Gasteiger partial charge is 0.378 e. The zero-order chi connectivity index (χ0) is 15.5. The van der Waals surface area contributed by atoms with Crippen LogP contribution in [0.1, 0.15) is 32.1 Å². The van der Waals surface area contributed by atoms with E-state index in [2.05, 4.69) is 4.90 Å². The number of benzene rings is 1. The normalized spacial score (nSPS) is 21.6. The Morgan fingerprint density at radius 1 is 1.32 bits per heavy atom. The molecular weight excluding hydrogens is 283 g/mol. The molecule has 4 nitrogen and oxygen atoms in total. The average molecular weight is 306 g/mol. The molecule has 120 valence electrons. The first-order valence-corrected chi connectivity index (χ1v) is 8.08. The minimum absolute atomic E-state index is 0.0673. The second-order valence-corrected chi connectivity index (χ2v) is 6.13. The van der Waals surface area contributed by atoms with Crippen molar-refractivity contribution < 1.29 is 13.9 Å². The monoisotopic (exact) mass is 306 g/mol. The lowest BCUT2D eigenvalue weighted by atomic mass is 10.1. The molecule has 0 radical (unpaired) electrons. The van der Waals surface area contributed by atoms with Gasteiger partial charge in [0.2, 0.25) is 5.91 Å². The molecule has 3 rings (SSSR count). The molecule has 1 fully saturated rings. The van der Waals surface area contributed by atoms with Gasteiger partial charge < -0.3 is 14.5 Å². The van der Waals surface area contributed by atoms with Crippen molar-refractivity contribution >= 4 is 17.3 Å². The molecule has 5 heteroatoms. The summed E-state index contributed by atoms with van der Waals surface area (Å²) >= 11 is 0. The van der Waals surface area contributed by atoms with Crippen LogP contribution in [-0.4, -0.2) is 38.8 Å². The molecule has 1 aromatic carbocycles. The van der Waals surface area contributed by atoms with E-state index in [9.17, 15) is 9.18 Å². The van der Waals surface area contributed by atoms with E-state index in [1.54, 1.807) is 11.0 Å². The van der Waals surface area contributed by atoms with Crippen LogP contribution >= 0.6 is 0 Å². The number of carbonyl (C=O) groups excluding carboxylic acids is 1. The summed E-state index contributed by atoms with van der Waals surface area (Å²) in [6, 6.07) is 4.69. The van der Waals surface area contributed by atoms with Gasteiger partial charge in [0.25, 0.3) is 0 Å². The second-order valence-electron chi connectivity index (χ2n) is 6.13. The Hall–Kier alpha value is -1.62. The fourth-order valence-corrected chi connectivity index (χ4v) is 3.29. The summed E-state index contributed by atoms with van der Waals surface area (Å²) in [7, 11) is 1.98.